The second-order valence-electron chi connectivity index (χ2n) is 12.4. The summed E-state index contributed by atoms with van der Waals surface area (Å²) in [7, 11) is 0. The van der Waals surface area contributed by atoms with Gasteiger partial charge in [0.15, 0.2) is 11.2 Å². The molecule has 0 aliphatic rings. The summed E-state index contributed by atoms with van der Waals surface area (Å²) in [5.74, 6) is 0. The van der Waals surface area contributed by atoms with Crippen molar-refractivity contribution in [2.24, 2.45) is 0 Å². The summed E-state index contributed by atoms with van der Waals surface area (Å²) >= 11 is 0. The average molecular weight is 601 g/mol. The fourth-order valence-electron chi connectivity index (χ4n) is 7.80. The van der Waals surface area contributed by atoms with E-state index in [2.05, 4.69) is 115 Å². The van der Waals surface area contributed by atoms with Crippen LogP contribution in [0.25, 0.3) is 110 Å². The number of para-hydroxylation sites is 2. The second kappa shape index (κ2) is 9.12. The van der Waals surface area contributed by atoms with Crippen LogP contribution in [0.1, 0.15) is 0 Å². The predicted octanol–water partition coefficient (Wildman–Crippen LogP) is 13.0. The molecule has 0 saturated carbocycles. The molecule has 0 aliphatic heterocycles. The first kappa shape index (κ1) is 24.9. The van der Waals surface area contributed by atoms with Crippen LogP contribution in [0, 0.1) is 0 Å². The van der Waals surface area contributed by atoms with E-state index in [4.69, 9.17) is 13.3 Å². The zero-order valence-corrected chi connectivity index (χ0v) is 25.1. The Labute approximate surface area is 267 Å². The monoisotopic (exact) mass is 600 g/mol. The van der Waals surface area contributed by atoms with Crippen molar-refractivity contribution in [1.29, 1.82) is 0 Å². The first-order valence-electron chi connectivity index (χ1n) is 15.9. The second-order valence-corrected chi connectivity index (χ2v) is 12.4. The topological polar surface area (TPSA) is 39.4 Å². The van der Waals surface area contributed by atoms with Gasteiger partial charge in [-0.3, -0.25) is 0 Å². The molecule has 0 radical (unpaired) electrons. The van der Waals surface area contributed by atoms with Gasteiger partial charge in [-0.25, -0.2) is 0 Å². The Kier molecular flexibility index (Phi) is 4.84. The minimum atomic E-state index is 0.790. The van der Waals surface area contributed by atoms with Gasteiger partial charge in [0.2, 0.25) is 0 Å². The van der Waals surface area contributed by atoms with Crippen LogP contribution in [0.4, 0.5) is 0 Å². The maximum atomic E-state index is 6.50. The van der Waals surface area contributed by atoms with Gasteiger partial charge in [-0.2, -0.15) is 0 Å². The van der Waals surface area contributed by atoms with Crippen molar-refractivity contribution in [2.45, 2.75) is 0 Å². The van der Waals surface area contributed by atoms with Gasteiger partial charge in [-0.1, -0.05) is 97.1 Å². The predicted molar refractivity (Wildman–Crippen MR) is 194 cm³/mol. The van der Waals surface area contributed by atoms with Gasteiger partial charge in [0.1, 0.15) is 22.3 Å². The molecule has 0 aliphatic carbocycles. The van der Waals surface area contributed by atoms with Crippen LogP contribution < -0.4 is 0 Å². The highest BCUT2D eigenvalue weighted by molar-refractivity contribution is 6.24. The molecule has 0 bridgehead atoms. The highest BCUT2D eigenvalue weighted by atomic mass is 16.4. The molecule has 218 valence electrons. The fourth-order valence-corrected chi connectivity index (χ4v) is 7.80. The van der Waals surface area contributed by atoms with Crippen molar-refractivity contribution in [3.05, 3.63) is 146 Å². The lowest BCUT2D eigenvalue weighted by molar-refractivity contribution is 0.633. The minimum absolute atomic E-state index is 0.790. The molecule has 0 saturated heterocycles. The van der Waals surface area contributed by atoms with E-state index in [1.165, 1.54) is 38.2 Å². The third-order valence-electron chi connectivity index (χ3n) is 9.87. The fraction of sp³-hybridized carbons (Fsp3) is 0. The third kappa shape index (κ3) is 3.40. The van der Waals surface area contributed by atoms with Gasteiger partial charge >= 0.3 is 0 Å². The van der Waals surface area contributed by atoms with Crippen LogP contribution >= 0.6 is 0 Å². The highest BCUT2D eigenvalue weighted by Crippen LogP contribution is 2.46. The molecule has 8 aromatic carbocycles. The van der Waals surface area contributed by atoms with E-state index in [0.29, 0.717) is 0 Å². The molecule has 0 fully saturated rings. The smallest absolute Gasteiger partial charge is 0.178 e. The van der Waals surface area contributed by atoms with Gasteiger partial charge in [-0.15, -0.1) is 0 Å². The molecule has 3 heteroatoms. The van der Waals surface area contributed by atoms with Crippen LogP contribution in [-0.2, 0) is 0 Å². The van der Waals surface area contributed by atoms with Crippen molar-refractivity contribution in [3.63, 3.8) is 0 Å². The number of furan rings is 3. The zero-order valence-electron chi connectivity index (χ0n) is 25.1. The number of rotatable bonds is 2. The first-order chi connectivity index (χ1) is 23.3. The lowest BCUT2D eigenvalue weighted by atomic mass is 9.85. The summed E-state index contributed by atoms with van der Waals surface area (Å²) in [5.41, 5.74) is 9.90. The van der Waals surface area contributed by atoms with E-state index in [-0.39, 0.29) is 0 Å². The Morgan fingerprint density at radius 1 is 0.255 bits per heavy atom. The average Bonchev–Trinajstić information content (AvgIpc) is 3.81. The lowest BCUT2D eigenvalue weighted by Gasteiger charge is -2.17. The van der Waals surface area contributed by atoms with Crippen LogP contribution in [0.3, 0.4) is 0 Å². The summed E-state index contributed by atoms with van der Waals surface area (Å²) in [6.45, 7) is 0. The summed E-state index contributed by atoms with van der Waals surface area (Å²) in [5, 5.41) is 11.4. The number of benzene rings is 8. The lowest BCUT2D eigenvalue weighted by Crippen LogP contribution is -1.90. The molecule has 3 nitrogen and oxygen atoms in total. The molecule has 11 rings (SSSR count). The molecular formula is C44H24O3. The Bertz CT molecular complexity index is 3020. The largest absolute Gasteiger partial charge is 0.456 e. The molecule has 3 aromatic heterocycles. The van der Waals surface area contributed by atoms with Crippen LogP contribution in [0.15, 0.2) is 159 Å². The minimum Gasteiger partial charge on any atom is -0.456 e. The summed E-state index contributed by atoms with van der Waals surface area (Å²) in [6, 6.07) is 51.5. The summed E-state index contributed by atoms with van der Waals surface area (Å²) in [6.07, 6.45) is 0. The SMILES string of the molecule is c1ccc2c(c1)oc1ccc(-c3c4ccccc4c(-c4ccc5oc6c(ccc7c8ccccc8oc76)c5c4)c4ccccc34)cc12. The number of hydrogen-bond acceptors (Lipinski definition) is 3. The maximum absolute atomic E-state index is 6.50. The van der Waals surface area contributed by atoms with Crippen molar-refractivity contribution in [1.82, 2.24) is 0 Å². The Morgan fingerprint density at radius 3 is 1.15 bits per heavy atom. The molecule has 0 unspecified atom stereocenters. The van der Waals surface area contributed by atoms with E-state index >= 15 is 0 Å². The van der Waals surface area contributed by atoms with Gasteiger partial charge in [0, 0.05) is 32.3 Å². The van der Waals surface area contributed by atoms with Crippen molar-refractivity contribution >= 4 is 87.4 Å². The van der Waals surface area contributed by atoms with Crippen molar-refractivity contribution < 1.29 is 13.3 Å². The molecule has 0 atom stereocenters. The van der Waals surface area contributed by atoms with Crippen LogP contribution in [0.5, 0.6) is 0 Å². The van der Waals surface area contributed by atoms with Gasteiger partial charge in [0.05, 0.1) is 0 Å². The van der Waals surface area contributed by atoms with Crippen molar-refractivity contribution in [2.75, 3.05) is 0 Å². The molecule has 0 spiro atoms. The van der Waals surface area contributed by atoms with E-state index in [9.17, 15) is 0 Å². The Morgan fingerprint density at radius 2 is 0.617 bits per heavy atom. The number of fused-ring (bicyclic) bond motifs is 12. The highest BCUT2D eigenvalue weighted by Gasteiger charge is 2.20. The van der Waals surface area contributed by atoms with Crippen LogP contribution in [-0.4, -0.2) is 0 Å². The van der Waals surface area contributed by atoms with E-state index < -0.39 is 0 Å². The summed E-state index contributed by atoms with van der Waals surface area (Å²) in [4.78, 5) is 0. The summed E-state index contributed by atoms with van der Waals surface area (Å²) < 4.78 is 19.0. The van der Waals surface area contributed by atoms with Gasteiger partial charge in [0.25, 0.3) is 0 Å². The maximum Gasteiger partial charge on any atom is 0.178 e. The standard InChI is InChI=1S/C44H24O3/c1-3-13-31-29(11-1)41(25-17-21-39-35(23-25)28-10-6-7-15-37(28)45-39)30-12-2-4-14-32(30)42(31)26-18-22-40-36(24-26)34-20-19-33-27-9-5-8-16-38(27)46-43(33)44(34)47-40/h1-24H. The Balaban J connectivity index is 1.19. The third-order valence-corrected chi connectivity index (χ3v) is 9.87. The molecule has 0 N–H and O–H groups in total. The quantitative estimate of drug-likeness (QED) is 0.185. The van der Waals surface area contributed by atoms with Gasteiger partial charge < -0.3 is 13.3 Å². The normalized spacial score (nSPS) is 12.3. The first-order valence-corrected chi connectivity index (χ1v) is 15.9. The molecule has 11 aromatic rings. The van der Waals surface area contributed by atoms with Crippen LogP contribution in [0.2, 0.25) is 0 Å². The number of hydrogen-bond donors (Lipinski definition) is 0. The van der Waals surface area contributed by atoms with E-state index in [0.717, 1.165) is 71.4 Å². The molecular weight excluding hydrogens is 576 g/mol. The molecule has 3 heterocycles. The Hall–Kier alpha value is -6.32. The molecule has 0 amide bonds. The van der Waals surface area contributed by atoms with Gasteiger partial charge in [-0.05, 0) is 92.3 Å². The van der Waals surface area contributed by atoms with E-state index in [1.54, 1.807) is 0 Å². The zero-order chi connectivity index (χ0) is 30.6. The molecule has 47 heavy (non-hydrogen) atoms. The van der Waals surface area contributed by atoms with Crippen molar-refractivity contribution in [3.8, 4) is 22.3 Å². The van der Waals surface area contributed by atoms with E-state index in [1.807, 2.05) is 30.3 Å².